The first-order valence-corrected chi connectivity index (χ1v) is 11.7. The number of para-hydroxylation sites is 1. The number of nitrogens with zero attached hydrogens (tertiary/aromatic N) is 4. The van der Waals surface area contributed by atoms with Gasteiger partial charge in [-0.05, 0) is 56.9 Å². The first-order valence-electron chi connectivity index (χ1n) is 11.7. The lowest BCUT2D eigenvalue weighted by Crippen LogP contribution is -2.49. The van der Waals surface area contributed by atoms with Gasteiger partial charge in [0.1, 0.15) is 11.9 Å². The van der Waals surface area contributed by atoms with Gasteiger partial charge in [0.25, 0.3) is 5.91 Å². The van der Waals surface area contributed by atoms with Gasteiger partial charge in [-0.3, -0.25) is 9.59 Å². The lowest BCUT2D eigenvalue weighted by atomic mass is 9.80. The number of likely N-dealkylation sites (tertiary alicyclic amines) is 1. The van der Waals surface area contributed by atoms with Crippen molar-refractivity contribution in [1.82, 2.24) is 19.9 Å². The molecule has 0 N–H and O–H groups in total. The average Bonchev–Trinajstić information content (AvgIpc) is 3.34. The molecule has 1 amide bonds. The molecule has 0 unspecified atom stereocenters. The molecule has 1 aliphatic carbocycles. The van der Waals surface area contributed by atoms with Gasteiger partial charge in [0.05, 0.1) is 30.2 Å². The van der Waals surface area contributed by atoms with Gasteiger partial charge in [-0.1, -0.05) is 30.7 Å². The lowest BCUT2D eigenvalue weighted by molar-refractivity contribution is 0.0384. The number of benzene rings is 2. The summed E-state index contributed by atoms with van der Waals surface area (Å²) in [6, 6.07) is 15.0. The summed E-state index contributed by atoms with van der Waals surface area (Å²) < 4.78 is 6.27. The van der Waals surface area contributed by atoms with Gasteiger partial charge in [-0.25, -0.2) is 0 Å². The third kappa shape index (κ3) is 4.40. The molecule has 2 aliphatic rings. The standard InChI is InChI=1S/C26H28N4O3/c1-18-12-13-22(33-21-9-5-8-20(16-21)25(31)19-6-4-7-19)17-29(18)26(32)23-10-2-3-11-24(23)30-27-14-15-28-30/h2-3,5,8-11,14-16,18-19,22H,4,6-7,12-13,17H2,1H3/t18-,22-/m1/s1. The average molecular weight is 445 g/mol. The Bertz CT molecular complexity index is 1140. The fraction of sp³-hybridized carbons (Fsp3) is 0.385. The van der Waals surface area contributed by atoms with Crippen LogP contribution in [0.5, 0.6) is 5.75 Å². The fourth-order valence-electron chi connectivity index (χ4n) is 4.60. The Morgan fingerprint density at radius 2 is 1.76 bits per heavy atom. The number of hydrogen-bond donors (Lipinski definition) is 0. The topological polar surface area (TPSA) is 77.3 Å². The Kier molecular flexibility index (Phi) is 5.94. The SMILES string of the molecule is C[C@@H]1CC[C@@H](Oc2cccc(C(=O)C3CCC3)c2)CN1C(=O)c1ccccc1-n1nccn1. The van der Waals surface area contributed by atoms with Gasteiger partial charge in [0, 0.05) is 17.5 Å². The number of carbonyl (C=O) groups is 2. The molecule has 1 aliphatic heterocycles. The fourth-order valence-corrected chi connectivity index (χ4v) is 4.60. The summed E-state index contributed by atoms with van der Waals surface area (Å²) in [6.45, 7) is 2.56. The van der Waals surface area contributed by atoms with E-state index in [0.717, 1.165) is 37.7 Å². The summed E-state index contributed by atoms with van der Waals surface area (Å²) in [7, 11) is 0. The second-order valence-electron chi connectivity index (χ2n) is 8.98. The van der Waals surface area contributed by atoms with Gasteiger partial charge in [0.2, 0.25) is 0 Å². The highest BCUT2D eigenvalue weighted by molar-refractivity contribution is 5.99. The molecule has 0 spiro atoms. The van der Waals surface area contributed by atoms with Crippen LogP contribution in [0.3, 0.4) is 0 Å². The molecule has 3 aromatic rings. The molecule has 2 atom stereocenters. The molecule has 1 saturated carbocycles. The van der Waals surface area contributed by atoms with Gasteiger partial charge >= 0.3 is 0 Å². The van der Waals surface area contributed by atoms with E-state index < -0.39 is 0 Å². The Labute approximate surface area is 193 Å². The van der Waals surface area contributed by atoms with Crippen molar-refractivity contribution in [2.24, 2.45) is 5.92 Å². The zero-order valence-electron chi connectivity index (χ0n) is 18.8. The number of hydrogen-bond acceptors (Lipinski definition) is 5. The van der Waals surface area contributed by atoms with Gasteiger partial charge in [-0.2, -0.15) is 15.0 Å². The van der Waals surface area contributed by atoms with Crippen LogP contribution in [0.15, 0.2) is 60.9 Å². The highest BCUT2D eigenvalue weighted by Crippen LogP contribution is 2.31. The van der Waals surface area contributed by atoms with Crippen LogP contribution in [-0.4, -0.2) is 50.3 Å². The molecule has 0 bridgehead atoms. The van der Waals surface area contributed by atoms with E-state index in [9.17, 15) is 9.59 Å². The number of ether oxygens (including phenoxy) is 1. The van der Waals surface area contributed by atoms with Crippen molar-refractivity contribution in [3.8, 4) is 11.4 Å². The van der Waals surface area contributed by atoms with Crippen LogP contribution in [0.2, 0.25) is 0 Å². The predicted octanol–water partition coefficient (Wildman–Crippen LogP) is 4.32. The number of amides is 1. The van der Waals surface area contributed by atoms with Crippen LogP contribution >= 0.6 is 0 Å². The highest BCUT2D eigenvalue weighted by atomic mass is 16.5. The summed E-state index contributed by atoms with van der Waals surface area (Å²) >= 11 is 0. The number of rotatable bonds is 6. The Morgan fingerprint density at radius 3 is 2.52 bits per heavy atom. The Hall–Kier alpha value is -3.48. The quantitative estimate of drug-likeness (QED) is 0.529. The third-order valence-corrected chi connectivity index (χ3v) is 6.77. The van der Waals surface area contributed by atoms with Crippen LogP contribution in [-0.2, 0) is 0 Å². The zero-order chi connectivity index (χ0) is 22.8. The molecule has 170 valence electrons. The van der Waals surface area contributed by atoms with Crippen molar-refractivity contribution in [2.45, 2.75) is 51.2 Å². The van der Waals surface area contributed by atoms with Gasteiger partial charge < -0.3 is 9.64 Å². The monoisotopic (exact) mass is 444 g/mol. The molecule has 1 saturated heterocycles. The van der Waals surface area contributed by atoms with Crippen molar-refractivity contribution < 1.29 is 14.3 Å². The summed E-state index contributed by atoms with van der Waals surface area (Å²) in [6.07, 6.45) is 7.86. The second-order valence-corrected chi connectivity index (χ2v) is 8.98. The molecule has 5 rings (SSSR count). The number of piperidine rings is 1. The summed E-state index contributed by atoms with van der Waals surface area (Å²) in [5.74, 6) is 1.00. The largest absolute Gasteiger partial charge is 0.489 e. The van der Waals surface area contributed by atoms with E-state index in [1.165, 1.54) is 4.80 Å². The lowest BCUT2D eigenvalue weighted by Gasteiger charge is -2.38. The Balaban J connectivity index is 1.32. The minimum absolute atomic E-state index is 0.0578. The minimum atomic E-state index is -0.130. The number of Topliss-reactive ketones (excluding diaryl/α,β-unsaturated/α-hetero) is 1. The van der Waals surface area contributed by atoms with E-state index in [1.807, 2.05) is 53.4 Å². The minimum Gasteiger partial charge on any atom is -0.489 e. The maximum Gasteiger partial charge on any atom is 0.256 e. The molecule has 7 nitrogen and oxygen atoms in total. The maximum atomic E-state index is 13.5. The summed E-state index contributed by atoms with van der Waals surface area (Å²) in [4.78, 5) is 29.5. The molecule has 2 aromatic carbocycles. The van der Waals surface area contributed by atoms with Crippen molar-refractivity contribution in [2.75, 3.05) is 6.54 Å². The third-order valence-electron chi connectivity index (χ3n) is 6.77. The molecule has 1 aromatic heterocycles. The van der Waals surface area contributed by atoms with E-state index >= 15 is 0 Å². The van der Waals surface area contributed by atoms with Gasteiger partial charge in [0.15, 0.2) is 5.78 Å². The Morgan fingerprint density at radius 1 is 0.970 bits per heavy atom. The van der Waals surface area contributed by atoms with E-state index in [0.29, 0.717) is 23.5 Å². The van der Waals surface area contributed by atoms with Crippen LogP contribution in [0, 0.1) is 5.92 Å². The van der Waals surface area contributed by atoms with Crippen LogP contribution in [0.4, 0.5) is 0 Å². The molecular weight excluding hydrogens is 416 g/mol. The molecule has 2 fully saturated rings. The van der Waals surface area contributed by atoms with Crippen LogP contribution < -0.4 is 4.74 Å². The van der Waals surface area contributed by atoms with E-state index in [-0.39, 0.29) is 29.8 Å². The number of ketones is 1. The summed E-state index contributed by atoms with van der Waals surface area (Å²) in [5, 5.41) is 8.38. The zero-order valence-corrected chi connectivity index (χ0v) is 18.8. The van der Waals surface area contributed by atoms with Crippen LogP contribution in [0.25, 0.3) is 5.69 Å². The molecule has 33 heavy (non-hydrogen) atoms. The highest BCUT2D eigenvalue weighted by Gasteiger charge is 2.32. The van der Waals surface area contributed by atoms with E-state index in [1.54, 1.807) is 12.4 Å². The number of carbonyl (C=O) groups excluding carboxylic acids is 2. The van der Waals surface area contributed by atoms with E-state index in [4.69, 9.17) is 4.74 Å². The predicted molar refractivity (Wildman–Crippen MR) is 124 cm³/mol. The second kappa shape index (κ2) is 9.17. The van der Waals surface area contributed by atoms with E-state index in [2.05, 4.69) is 17.1 Å². The van der Waals surface area contributed by atoms with Gasteiger partial charge in [-0.15, -0.1) is 0 Å². The first-order chi connectivity index (χ1) is 16.1. The number of aromatic nitrogens is 3. The normalized spacial score (nSPS) is 20.8. The van der Waals surface area contributed by atoms with Crippen LogP contribution in [0.1, 0.15) is 59.7 Å². The smallest absolute Gasteiger partial charge is 0.256 e. The maximum absolute atomic E-state index is 13.5. The molecule has 0 radical (unpaired) electrons. The molecule has 2 heterocycles. The first kappa shape index (κ1) is 21.4. The molecule has 7 heteroatoms. The molecular formula is C26H28N4O3. The van der Waals surface area contributed by atoms with Crippen molar-refractivity contribution in [3.05, 3.63) is 72.1 Å². The summed E-state index contributed by atoms with van der Waals surface area (Å²) in [5.41, 5.74) is 1.94. The van der Waals surface area contributed by atoms with Crippen molar-refractivity contribution in [3.63, 3.8) is 0 Å². The van der Waals surface area contributed by atoms with Crippen molar-refractivity contribution >= 4 is 11.7 Å². The van der Waals surface area contributed by atoms with Crippen molar-refractivity contribution in [1.29, 1.82) is 0 Å².